The Balaban J connectivity index is 2.71. The number of nitrogens with one attached hydrogen (secondary N) is 1. The molecule has 0 fully saturated rings. The lowest BCUT2D eigenvalue weighted by Gasteiger charge is -2.09. The SMILES string of the molecule is Cc1cccc(C(=O)NCC(O)C(N)=O)c1F. The van der Waals surface area contributed by atoms with Crippen molar-refractivity contribution in [3.8, 4) is 0 Å². The van der Waals surface area contributed by atoms with E-state index in [-0.39, 0.29) is 12.1 Å². The highest BCUT2D eigenvalue weighted by atomic mass is 19.1. The number of carbonyl (C=O) groups excluding carboxylic acids is 2. The average Bonchev–Trinajstić information content (AvgIpc) is 2.29. The second-order valence-electron chi connectivity index (χ2n) is 3.56. The Labute approximate surface area is 97.4 Å². The fourth-order valence-corrected chi connectivity index (χ4v) is 1.21. The van der Waals surface area contributed by atoms with Crippen molar-refractivity contribution >= 4 is 11.8 Å². The van der Waals surface area contributed by atoms with E-state index in [4.69, 9.17) is 10.8 Å². The Morgan fingerprint density at radius 3 is 2.76 bits per heavy atom. The maximum absolute atomic E-state index is 13.5. The molecule has 1 atom stereocenters. The molecule has 6 heteroatoms. The maximum atomic E-state index is 13.5. The number of primary amides is 1. The minimum absolute atomic E-state index is 0.137. The zero-order valence-electron chi connectivity index (χ0n) is 9.24. The van der Waals surface area contributed by atoms with Crippen LogP contribution in [0.25, 0.3) is 0 Å². The smallest absolute Gasteiger partial charge is 0.254 e. The van der Waals surface area contributed by atoms with Gasteiger partial charge in [-0.2, -0.15) is 0 Å². The second kappa shape index (κ2) is 5.40. The number of aliphatic hydroxyl groups is 1. The topological polar surface area (TPSA) is 92.4 Å². The van der Waals surface area contributed by atoms with Crippen LogP contribution in [0.1, 0.15) is 15.9 Å². The lowest BCUT2D eigenvalue weighted by Crippen LogP contribution is -2.40. The summed E-state index contributed by atoms with van der Waals surface area (Å²) >= 11 is 0. The van der Waals surface area contributed by atoms with Crippen molar-refractivity contribution in [2.45, 2.75) is 13.0 Å². The minimum atomic E-state index is -1.48. The molecule has 17 heavy (non-hydrogen) atoms. The molecule has 92 valence electrons. The van der Waals surface area contributed by atoms with E-state index in [0.29, 0.717) is 5.56 Å². The fourth-order valence-electron chi connectivity index (χ4n) is 1.21. The summed E-state index contributed by atoms with van der Waals surface area (Å²) in [5.74, 6) is -2.28. The van der Waals surface area contributed by atoms with E-state index in [9.17, 15) is 14.0 Å². The third-order valence-electron chi connectivity index (χ3n) is 2.22. The number of benzene rings is 1. The Bertz CT molecular complexity index is 448. The Morgan fingerprint density at radius 1 is 1.53 bits per heavy atom. The molecule has 0 aliphatic carbocycles. The van der Waals surface area contributed by atoms with Crippen molar-refractivity contribution in [3.05, 3.63) is 35.1 Å². The van der Waals surface area contributed by atoms with Crippen LogP contribution in [0.4, 0.5) is 4.39 Å². The Kier molecular flexibility index (Phi) is 4.17. The van der Waals surface area contributed by atoms with E-state index < -0.39 is 23.7 Å². The average molecular weight is 240 g/mol. The third-order valence-corrected chi connectivity index (χ3v) is 2.22. The van der Waals surface area contributed by atoms with Crippen LogP contribution in [0.3, 0.4) is 0 Å². The van der Waals surface area contributed by atoms with Crippen LogP contribution in [0.15, 0.2) is 18.2 Å². The molecular weight excluding hydrogens is 227 g/mol. The largest absolute Gasteiger partial charge is 0.381 e. The normalized spacial score (nSPS) is 11.9. The van der Waals surface area contributed by atoms with Gasteiger partial charge in [-0.05, 0) is 18.6 Å². The highest BCUT2D eigenvalue weighted by Gasteiger charge is 2.16. The molecule has 1 unspecified atom stereocenters. The number of hydrogen-bond donors (Lipinski definition) is 3. The van der Waals surface area contributed by atoms with Crippen LogP contribution in [0, 0.1) is 12.7 Å². The van der Waals surface area contributed by atoms with Crippen LogP contribution in [-0.2, 0) is 4.79 Å². The highest BCUT2D eigenvalue weighted by molar-refractivity contribution is 5.95. The zero-order chi connectivity index (χ0) is 13.0. The van der Waals surface area contributed by atoms with Gasteiger partial charge in [-0.3, -0.25) is 9.59 Å². The first-order valence-electron chi connectivity index (χ1n) is 4.94. The third kappa shape index (κ3) is 3.25. The van der Waals surface area contributed by atoms with Crippen molar-refractivity contribution in [1.29, 1.82) is 0 Å². The number of carbonyl (C=O) groups is 2. The fraction of sp³-hybridized carbons (Fsp3) is 0.273. The number of rotatable bonds is 4. The molecule has 1 aromatic rings. The monoisotopic (exact) mass is 240 g/mol. The standard InChI is InChI=1S/C11H13FN2O3/c1-6-3-2-4-7(9(6)12)11(17)14-5-8(15)10(13)16/h2-4,8,15H,5H2,1H3,(H2,13,16)(H,14,17). The molecule has 2 amide bonds. The number of hydrogen-bond acceptors (Lipinski definition) is 3. The van der Waals surface area contributed by atoms with Gasteiger partial charge in [0.15, 0.2) is 0 Å². The molecule has 0 saturated heterocycles. The summed E-state index contributed by atoms with van der Waals surface area (Å²) in [5, 5.41) is 11.3. The molecule has 1 rings (SSSR count). The van der Waals surface area contributed by atoms with Gasteiger partial charge in [0.25, 0.3) is 5.91 Å². The molecule has 5 nitrogen and oxygen atoms in total. The van der Waals surface area contributed by atoms with Crippen molar-refractivity contribution in [2.24, 2.45) is 5.73 Å². The molecular formula is C11H13FN2O3. The Morgan fingerprint density at radius 2 is 2.18 bits per heavy atom. The van der Waals surface area contributed by atoms with E-state index >= 15 is 0 Å². The van der Waals surface area contributed by atoms with Crippen LogP contribution < -0.4 is 11.1 Å². The molecule has 4 N–H and O–H groups in total. The van der Waals surface area contributed by atoms with E-state index in [1.165, 1.54) is 25.1 Å². The van der Waals surface area contributed by atoms with Gasteiger partial charge in [-0.15, -0.1) is 0 Å². The van der Waals surface area contributed by atoms with Gasteiger partial charge in [-0.25, -0.2) is 4.39 Å². The number of amides is 2. The quantitative estimate of drug-likeness (QED) is 0.675. The van der Waals surface area contributed by atoms with Crippen LogP contribution in [0.2, 0.25) is 0 Å². The summed E-state index contributed by atoms with van der Waals surface area (Å²) < 4.78 is 13.5. The van der Waals surface area contributed by atoms with Crippen LogP contribution in [-0.4, -0.2) is 29.6 Å². The number of aliphatic hydroxyl groups excluding tert-OH is 1. The molecule has 0 saturated carbocycles. The maximum Gasteiger partial charge on any atom is 0.254 e. The summed E-state index contributed by atoms with van der Waals surface area (Å²) in [7, 11) is 0. The van der Waals surface area contributed by atoms with Crippen molar-refractivity contribution in [1.82, 2.24) is 5.32 Å². The highest BCUT2D eigenvalue weighted by Crippen LogP contribution is 2.11. The number of halogens is 1. The lowest BCUT2D eigenvalue weighted by atomic mass is 10.1. The van der Waals surface area contributed by atoms with Gasteiger partial charge in [0.2, 0.25) is 5.91 Å². The molecule has 0 radical (unpaired) electrons. The molecule has 0 aliphatic rings. The molecule has 0 aromatic heterocycles. The summed E-state index contributed by atoms with van der Waals surface area (Å²) in [4.78, 5) is 22.0. The van der Waals surface area contributed by atoms with Crippen LogP contribution >= 0.6 is 0 Å². The van der Waals surface area contributed by atoms with E-state index in [1.54, 1.807) is 0 Å². The zero-order valence-corrected chi connectivity index (χ0v) is 9.24. The molecule has 0 aliphatic heterocycles. The number of nitrogens with two attached hydrogens (primary N) is 1. The molecule has 0 bridgehead atoms. The van der Waals surface area contributed by atoms with E-state index in [0.717, 1.165) is 0 Å². The van der Waals surface area contributed by atoms with Crippen LogP contribution in [0.5, 0.6) is 0 Å². The lowest BCUT2D eigenvalue weighted by molar-refractivity contribution is -0.125. The van der Waals surface area contributed by atoms with Crippen molar-refractivity contribution < 1.29 is 19.1 Å². The summed E-state index contributed by atoms with van der Waals surface area (Å²) in [6.07, 6.45) is -1.48. The summed E-state index contributed by atoms with van der Waals surface area (Å²) in [5.41, 5.74) is 5.00. The predicted octanol–water partition coefficient (Wildman–Crippen LogP) is -0.290. The first-order chi connectivity index (χ1) is 7.93. The second-order valence-corrected chi connectivity index (χ2v) is 3.56. The van der Waals surface area contributed by atoms with E-state index in [2.05, 4.69) is 5.32 Å². The molecule has 1 aromatic carbocycles. The molecule has 0 spiro atoms. The van der Waals surface area contributed by atoms with Gasteiger partial charge in [-0.1, -0.05) is 12.1 Å². The van der Waals surface area contributed by atoms with E-state index in [1.807, 2.05) is 0 Å². The van der Waals surface area contributed by atoms with Gasteiger partial charge in [0.1, 0.15) is 11.9 Å². The van der Waals surface area contributed by atoms with Crippen molar-refractivity contribution in [2.75, 3.05) is 6.54 Å². The first-order valence-corrected chi connectivity index (χ1v) is 4.94. The minimum Gasteiger partial charge on any atom is -0.381 e. The molecule has 0 heterocycles. The Hall–Kier alpha value is -1.95. The van der Waals surface area contributed by atoms with Crippen molar-refractivity contribution in [3.63, 3.8) is 0 Å². The van der Waals surface area contributed by atoms with Gasteiger partial charge < -0.3 is 16.2 Å². The van der Waals surface area contributed by atoms with Gasteiger partial charge in [0, 0.05) is 0 Å². The van der Waals surface area contributed by atoms with Gasteiger partial charge in [0.05, 0.1) is 12.1 Å². The predicted molar refractivity (Wildman–Crippen MR) is 58.7 cm³/mol. The summed E-state index contributed by atoms with van der Waals surface area (Å²) in [6.45, 7) is 1.19. The first kappa shape index (κ1) is 13.1. The number of aryl methyl sites for hydroxylation is 1. The van der Waals surface area contributed by atoms with Gasteiger partial charge >= 0.3 is 0 Å². The summed E-state index contributed by atoms with van der Waals surface area (Å²) in [6, 6.07) is 4.39.